The fourth-order valence-electron chi connectivity index (χ4n) is 2.18. The van der Waals surface area contributed by atoms with E-state index in [9.17, 15) is 4.79 Å². The molecule has 118 valence electrons. The van der Waals surface area contributed by atoms with E-state index in [-0.39, 0.29) is 11.9 Å². The minimum absolute atomic E-state index is 0.185. The van der Waals surface area contributed by atoms with Gasteiger partial charge < -0.3 is 10.3 Å². The lowest BCUT2D eigenvalue weighted by molar-refractivity contribution is 0.102. The van der Waals surface area contributed by atoms with Crippen molar-refractivity contribution in [3.63, 3.8) is 0 Å². The molecule has 7 heteroatoms. The molecule has 23 heavy (non-hydrogen) atoms. The third kappa shape index (κ3) is 3.13. The molecule has 1 aromatic carbocycles. The van der Waals surface area contributed by atoms with Crippen LogP contribution in [0.3, 0.4) is 0 Å². The second kappa shape index (κ2) is 6.04. The van der Waals surface area contributed by atoms with Crippen LogP contribution in [0.2, 0.25) is 0 Å². The first kappa shape index (κ1) is 15.0. The fourth-order valence-corrected chi connectivity index (χ4v) is 2.18. The molecule has 0 bridgehead atoms. The van der Waals surface area contributed by atoms with E-state index < -0.39 is 0 Å². The van der Waals surface area contributed by atoms with E-state index in [4.69, 9.17) is 0 Å². The average Bonchev–Trinajstić information content (AvgIpc) is 3.15. The van der Waals surface area contributed by atoms with Crippen molar-refractivity contribution >= 4 is 11.7 Å². The molecule has 2 aromatic heterocycles. The quantitative estimate of drug-likeness (QED) is 0.775. The van der Waals surface area contributed by atoms with Crippen LogP contribution >= 0.6 is 0 Å². The Kier molecular flexibility index (Phi) is 3.92. The standard InChI is InChI=1S/C16H18N6O/c1-10(2)22-9-13(20-21-22)18-16(23)14-11(3)17-15(19-14)12-7-5-4-6-8-12/h4-10H,1-3H3,(H,17,19)(H,18,23). The number of amides is 1. The highest BCUT2D eigenvalue weighted by Gasteiger charge is 2.17. The second-order valence-corrected chi connectivity index (χ2v) is 5.56. The number of hydrogen-bond acceptors (Lipinski definition) is 4. The number of imidazole rings is 1. The van der Waals surface area contributed by atoms with Crippen molar-refractivity contribution in [1.82, 2.24) is 25.0 Å². The molecule has 0 radical (unpaired) electrons. The van der Waals surface area contributed by atoms with Gasteiger partial charge in [-0.15, -0.1) is 5.10 Å². The van der Waals surface area contributed by atoms with Crippen LogP contribution in [0.5, 0.6) is 0 Å². The van der Waals surface area contributed by atoms with E-state index in [1.807, 2.05) is 51.1 Å². The van der Waals surface area contributed by atoms with Crippen LogP contribution in [0.1, 0.15) is 36.1 Å². The minimum Gasteiger partial charge on any atom is -0.341 e. The number of nitrogens with zero attached hydrogens (tertiary/aromatic N) is 4. The average molecular weight is 310 g/mol. The smallest absolute Gasteiger partial charge is 0.277 e. The summed E-state index contributed by atoms with van der Waals surface area (Å²) in [6.07, 6.45) is 1.70. The third-order valence-corrected chi connectivity index (χ3v) is 3.43. The summed E-state index contributed by atoms with van der Waals surface area (Å²) in [4.78, 5) is 19.9. The molecule has 1 amide bonds. The Bertz CT molecular complexity index is 818. The van der Waals surface area contributed by atoms with Crippen LogP contribution in [0, 0.1) is 6.92 Å². The lowest BCUT2D eigenvalue weighted by Gasteiger charge is -2.01. The van der Waals surface area contributed by atoms with Crippen LogP contribution in [-0.4, -0.2) is 30.9 Å². The zero-order valence-electron chi connectivity index (χ0n) is 13.2. The Morgan fingerprint density at radius 3 is 2.65 bits per heavy atom. The number of carbonyl (C=O) groups excluding carboxylic acids is 1. The van der Waals surface area contributed by atoms with Gasteiger partial charge in [-0.1, -0.05) is 35.5 Å². The van der Waals surface area contributed by atoms with Gasteiger partial charge in [-0.25, -0.2) is 9.67 Å². The first-order valence-corrected chi connectivity index (χ1v) is 7.40. The first-order valence-electron chi connectivity index (χ1n) is 7.40. The Labute approximate surface area is 133 Å². The van der Waals surface area contributed by atoms with Gasteiger partial charge in [-0.2, -0.15) is 0 Å². The van der Waals surface area contributed by atoms with Crippen molar-refractivity contribution in [2.45, 2.75) is 26.8 Å². The van der Waals surface area contributed by atoms with E-state index >= 15 is 0 Å². The molecule has 0 saturated carbocycles. The van der Waals surface area contributed by atoms with Crippen LogP contribution in [0.15, 0.2) is 36.5 Å². The summed E-state index contributed by atoms with van der Waals surface area (Å²) >= 11 is 0. The van der Waals surface area contributed by atoms with Crippen molar-refractivity contribution in [3.8, 4) is 11.4 Å². The first-order chi connectivity index (χ1) is 11.0. The molecule has 3 aromatic rings. The summed E-state index contributed by atoms with van der Waals surface area (Å²) in [5, 5.41) is 10.6. The van der Waals surface area contributed by atoms with Gasteiger partial charge in [-0.05, 0) is 20.8 Å². The van der Waals surface area contributed by atoms with E-state index in [1.165, 1.54) is 0 Å². The zero-order chi connectivity index (χ0) is 16.4. The fraction of sp³-hybridized carbons (Fsp3) is 0.250. The Balaban J connectivity index is 1.81. The predicted molar refractivity (Wildman–Crippen MR) is 87.1 cm³/mol. The normalized spacial score (nSPS) is 11.0. The van der Waals surface area contributed by atoms with Gasteiger partial charge in [0, 0.05) is 17.3 Å². The van der Waals surface area contributed by atoms with Crippen LogP contribution in [-0.2, 0) is 0 Å². The van der Waals surface area contributed by atoms with E-state index in [0.717, 1.165) is 5.56 Å². The van der Waals surface area contributed by atoms with Crippen molar-refractivity contribution < 1.29 is 4.79 Å². The Morgan fingerprint density at radius 1 is 1.26 bits per heavy atom. The lowest BCUT2D eigenvalue weighted by Crippen LogP contribution is -2.14. The zero-order valence-corrected chi connectivity index (χ0v) is 13.2. The van der Waals surface area contributed by atoms with Crippen molar-refractivity contribution in [2.24, 2.45) is 0 Å². The van der Waals surface area contributed by atoms with E-state index in [2.05, 4.69) is 25.6 Å². The van der Waals surface area contributed by atoms with Gasteiger partial charge in [0.05, 0.1) is 6.20 Å². The van der Waals surface area contributed by atoms with E-state index in [0.29, 0.717) is 23.0 Å². The number of anilines is 1. The maximum atomic E-state index is 12.4. The molecule has 0 unspecified atom stereocenters. The van der Waals surface area contributed by atoms with Crippen LogP contribution < -0.4 is 5.32 Å². The second-order valence-electron chi connectivity index (χ2n) is 5.56. The lowest BCUT2D eigenvalue weighted by atomic mass is 10.2. The molecular formula is C16H18N6O. The number of hydrogen-bond donors (Lipinski definition) is 2. The van der Waals surface area contributed by atoms with Gasteiger partial charge in [0.1, 0.15) is 11.5 Å². The van der Waals surface area contributed by atoms with Gasteiger partial charge in [0.25, 0.3) is 5.91 Å². The summed E-state index contributed by atoms with van der Waals surface area (Å²) < 4.78 is 1.68. The van der Waals surface area contributed by atoms with Gasteiger partial charge in [0.2, 0.25) is 0 Å². The third-order valence-electron chi connectivity index (χ3n) is 3.43. The minimum atomic E-state index is -0.309. The van der Waals surface area contributed by atoms with Crippen LogP contribution in [0.25, 0.3) is 11.4 Å². The Morgan fingerprint density at radius 2 is 2.00 bits per heavy atom. The number of aromatic nitrogens is 5. The highest BCUT2D eigenvalue weighted by Crippen LogP contribution is 2.18. The molecule has 2 heterocycles. The number of benzene rings is 1. The molecule has 0 fully saturated rings. The SMILES string of the molecule is Cc1[nH]c(-c2ccccc2)nc1C(=O)Nc1cn(C(C)C)nn1. The highest BCUT2D eigenvalue weighted by molar-refractivity contribution is 6.03. The summed E-state index contributed by atoms with van der Waals surface area (Å²) in [6.45, 7) is 5.80. The molecule has 0 aliphatic heterocycles. The van der Waals surface area contributed by atoms with Crippen molar-refractivity contribution in [2.75, 3.05) is 5.32 Å². The maximum Gasteiger partial charge on any atom is 0.277 e. The monoisotopic (exact) mass is 310 g/mol. The number of rotatable bonds is 4. The molecule has 0 saturated heterocycles. The van der Waals surface area contributed by atoms with E-state index in [1.54, 1.807) is 10.9 Å². The largest absolute Gasteiger partial charge is 0.341 e. The number of nitrogens with one attached hydrogen (secondary N) is 2. The van der Waals surface area contributed by atoms with Crippen molar-refractivity contribution in [3.05, 3.63) is 47.9 Å². The van der Waals surface area contributed by atoms with Crippen LogP contribution in [0.4, 0.5) is 5.82 Å². The molecule has 7 nitrogen and oxygen atoms in total. The summed E-state index contributed by atoms with van der Waals surface area (Å²) in [5.74, 6) is 0.767. The predicted octanol–water partition coefficient (Wildman–Crippen LogP) is 2.81. The molecule has 0 aliphatic rings. The molecule has 3 rings (SSSR count). The summed E-state index contributed by atoms with van der Waals surface area (Å²) in [7, 11) is 0. The number of aromatic amines is 1. The summed E-state index contributed by atoms with van der Waals surface area (Å²) in [6, 6.07) is 9.85. The molecule has 2 N–H and O–H groups in total. The van der Waals surface area contributed by atoms with Gasteiger partial charge in [0.15, 0.2) is 5.82 Å². The summed E-state index contributed by atoms with van der Waals surface area (Å²) in [5.41, 5.74) is 1.99. The topological polar surface area (TPSA) is 88.5 Å². The number of carbonyl (C=O) groups is 1. The van der Waals surface area contributed by atoms with Gasteiger partial charge >= 0.3 is 0 Å². The molecule has 0 atom stereocenters. The molecular weight excluding hydrogens is 292 g/mol. The highest BCUT2D eigenvalue weighted by atomic mass is 16.2. The molecule has 0 spiro atoms. The number of H-pyrrole nitrogens is 1. The number of aryl methyl sites for hydroxylation is 1. The van der Waals surface area contributed by atoms with Gasteiger partial charge in [-0.3, -0.25) is 4.79 Å². The van der Waals surface area contributed by atoms with Crippen molar-refractivity contribution in [1.29, 1.82) is 0 Å². The Hall–Kier alpha value is -2.96. The maximum absolute atomic E-state index is 12.4. The molecule has 0 aliphatic carbocycles.